The number of hydrogen-bond acceptors (Lipinski definition) is 4. The zero-order valence-electron chi connectivity index (χ0n) is 17.2. The Bertz CT molecular complexity index is 1640. The number of pyridine rings is 1. The van der Waals surface area contributed by atoms with Gasteiger partial charge in [-0.2, -0.15) is 4.98 Å². The standard InChI is InChI=1S/C23H18FN7/c1-13-5-4-6-17-19(13)26-12-31(17)23-27-20(18-16(24)11-30(3)22(18)28-23)15-9-14-7-8-29(2)21(14)25-10-15/h4-12H,1-3H3. The molecular formula is C23H18FN7. The van der Waals surface area contributed by atoms with E-state index in [1.165, 1.54) is 6.20 Å². The Morgan fingerprint density at radius 1 is 0.968 bits per heavy atom. The Morgan fingerprint density at radius 3 is 2.71 bits per heavy atom. The molecule has 0 aliphatic heterocycles. The molecule has 0 N–H and O–H groups in total. The summed E-state index contributed by atoms with van der Waals surface area (Å²) < 4.78 is 20.4. The van der Waals surface area contributed by atoms with Crippen LogP contribution in [0.25, 0.3) is 50.3 Å². The van der Waals surface area contributed by atoms with E-state index in [9.17, 15) is 4.39 Å². The Hall–Kier alpha value is -4.07. The second-order valence-electron chi connectivity index (χ2n) is 7.78. The molecule has 0 radical (unpaired) electrons. The minimum Gasteiger partial charge on any atom is -0.336 e. The van der Waals surface area contributed by atoms with E-state index in [-0.39, 0.29) is 5.82 Å². The molecule has 6 aromatic rings. The molecule has 0 bridgehead atoms. The van der Waals surface area contributed by atoms with Crippen molar-refractivity contribution in [2.75, 3.05) is 0 Å². The van der Waals surface area contributed by atoms with Crippen LogP contribution in [-0.4, -0.2) is 33.6 Å². The van der Waals surface area contributed by atoms with Crippen LogP contribution in [0.2, 0.25) is 0 Å². The highest BCUT2D eigenvalue weighted by molar-refractivity contribution is 5.94. The first kappa shape index (κ1) is 17.8. The minimum absolute atomic E-state index is 0.362. The second kappa shape index (κ2) is 6.21. The second-order valence-corrected chi connectivity index (χ2v) is 7.78. The maximum atomic E-state index is 14.9. The van der Waals surface area contributed by atoms with E-state index in [0.29, 0.717) is 22.7 Å². The number of aryl methyl sites for hydroxylation is 3. The molecule has 6 rings (SSSR count). The number of nitrogens with zero attached hydrogens (tertiary/aromatic N) is 7. The average molecular weight is 411 g/mol. The lowest BCUT2D eigenvalue weighted by atomic mass is 10.1. The van der Waals surface area contributed by atoms with Gasteiger partial charge in [0.05, 0.1) is 22.1 Å². The molecule has 5 heterocycles. The summed E-state index contributed by atoms with van der Waals surface area (Å²) in [5.41, 5.74) is 5.47. The third-order valence-corrected chi connectivity index (χ3v) is 5.73. The molecular weight excluding hydrogens is 393 g/mol. The van der Waals surface area contributed by atoms with Gasteiger partial charge in [-0.1, -0.05) is 12.1 Å². The fourth-order valence-electron chi connectivity index (χ4n) is 4.15. The van der Waals surface area contributed by atoms with Crippen LogP contribution in [0, 0.1) is 12.7 Å². The predicted molar refractivity (Wildman–Crippen MR) is 118 cm³/mol. The van der Waals surface area contributed by atoms with Crippen molar-refractivity contribution in [1.82, 2.24) is 33.6 Å². The third kappa shape index (κ3) is 2.51. The van der Waals surface area contributed by atoms with E-state index in [2.05, 4.69) is 15.0 Å². The number of fused-ring (bicyclic) bond motifs is 3. The van der Waals surface area contributed by atoms with Crippen molar-refractivity contribution in [3.8, 4) is 17.2 Å². The molecule has 0 saturated heterocycles. The van der Waals surface area contributed by atoms with Crippen LogP contribution in [0.1, 0.15) is 5.56 Å². The highest BCUT2D eigenvalue weighted by Crippen LogP contribution is 2.32. The van der Waals surface area contributed by atoms with Gasteiger partial charge in [-0.05, 0) is 30.7 Å². The van der Waals surface area contributed by atoms with Crippen LogP contribution < -0.4 is 0 Å². The summed E-state index contributed by atoms with van der Waals surface area (Å²) in [4.78, 5) is 18.6. The average Bonchev–Trinajstić information content (AvgIpc) is 3.44. The Morgan fingerprint density at radius 2 is 1.84 bits per heavy atom. The Balaban J connectivity index is 1.67. The lowest BCUT2D eigenvalue weighted by molar-refractivity contribution is 0.633. The first-order valence-corrected chi connectivity index (χ1v) is 9.88. The van der Waals surface area contributed by atoms with Gasteiger partial charge in [0, 0.05) is 43.6 Å². The van der Waals surface area contributed by atoms with Crippen LogP contribution in [0.15, 0.2) is 55.2 Å². The summed E-state index contributed by atoms with van der Waals surface area (Å²) in [5, 5.41) is 1.34. The van der Waals surface area contributed by atoms with E-state index >= 15 is 0 Å². The Labute approximate surface area is 176 Å². The zero-order valence-corrected chi connectivity index (χ0v) is 17.2. The zero-order chi connectivity index (χ0) is 21.3. The lowest BCUT2D eigenvalue weighted by Gasteiger charge is -2.09. The van der Waals surface area contributed by atoms with Gasteiger partial charge in [0.15, 0.2) is 5.82 Å². The Kier molecular flexibility index (Phi) is 3.56. The number of benzene rings is 1. The van der Waals surface area contributed by atoms with Gasteiger partial charge in [-0.25, -0.2) is 19.3 Å². The van der Waals surface area contributed by atoms with Crippen molar-refractivity contribution >= 4 is 33.1 Å². The number of aromatic nitrogens is 7. The van der Waals surface area contributed by atoms with E-state index in [1.807, 2.05) is 59.6 Å². The molecule has 0 atom stereocenters. The largest absolute Gasteiger partial charge is 0.336 e. The molecule has 0 unspecified atom stereocenters. The highest BCUT2D eigenvalue weighted by Gasteiger charge is 2.20. The number of imidazole rings is 1. The van der Waals surface area contributed by atoms with E-state index in [4.69, 9.17) is 4.98 Å². The summed E-state index contributed by atoms with van der Waals surface area (Å²) in [6.07, 6.45) is 6.82. The summed E-state index contributed by atoms with van der Waals surface area (Å²) in [6.45, 7) is 2.02. The summed E-state index contributed by atoms with van der Waals surface area (Å²) >= 11 is 0. The molecule has 1 aromatic carbocycles. The topological polar surface area (TPSA) is 66.3 Å². The van der Waals surface area contributed by atoms with Crippen molar-refractivity contribution < 1.29 is 4.39 Å². The van der Waals surface area contributed by atoms with Crippen molar-refractivity contribution in [3.63, 3.8) is 0 Å². The normalized spacial score (nSPS) is 11.9. The maximum absolute atomic E-state index is 14.9. The molecule has 0 aliphatic rings. The van der Waals surface area contributed by atoms with Gasteiger partial charge in [0.1, 0.15) is 17.6 Å². The molecule has 0 amide bonds. The van der Waals surface area contributed by atoms with Crippen LogP contribution in [0.4, 0.5) is 4.39 Å². The number of rotatable bonds is 2. The van der Waals surface area contributed by atoms with Crippen molar-refractivity contribution in [2.45, 2.75) is 6.92 Å². The molecule has 31 heavy (non-hydrogen) atoms. The summed E-state index contributed by atoms with van der Waals surface area (Å²) in [7, 11) is 3.72. The van der Waals surface area contributed by atoms with Crippen LogP contribution in [-0.2, 0) is 14.1 Å². The highest BCUT2D eigenvalue weighted by atomic mass is 19.1. The number of halogens is 1. The molecule has 8 heteroatoms. The fourth-order valence-corrected chi connectivity index (χ4v) is 4.15. The summed E-state index contributed by atoms with van der Waals surface area (Å²) in [5.74, 6) is 0.0727. The third-order valence-electron chi connectivity index (χ3n) is 5.73. The lowest BCUT2D eigenvalue weighted by Crippen LogP contribution is -2.04. The van der Waals surface area contributed by atoms with Crippen LogP contribution >= 0.6 is 0 Å². The smallest absolute Gasteiger partial charge is 0.238 e. The molecule has 7 nitrogen and oxygen atoms in total. The van der Waals surface area contributed by atoms with Gasteiger partial charge in [0.2, 0.25) is 5.95 Å². The van der Waals surface area contributed by atoms with Crippen molar-refractivity contribution in [2.24, 2.45) is 14.1 Å². The molecule has 0 saturated carbocycles. The predicted octanol–water partition coefficient (Wildman–Crippen LogP) is 4.31. The first-order valence-electron chi connectivity index (χ1n) is 9.88. The van der Waals surface area contributed by atoms with Crippen molar-refractivity contribution in [1.29, 1.82) is 0 Å². The SMILES string of the molecule is Cc1cccc2c1ncn2-c1nc(-c2cnc3c(ccn3C)c2)c2c(F)cn(C)c2n1. The van der Waals surface area contributed by atoms with Crippen LogP contribution in [0.3, 0.4) is 0 Å². The van der Waals surface area contributed by atoms with E-state index in [1.54, 1.807) is 24.1 Å². The van der Waals surface area contributed by atoms with Gasteiger partial charge >= 0.3 is 0 Å². The molecule has 0 aliphatic carbocycles. The number of para-hydroxylation sites is 1. The molecule has 152 valence electrons. The molecule has 5 aromatic heterocycles. The minimum atomic E-state index is -0.362. The monoisotopic (exact) mass is 411 g/mol. The van der Waals surface area contributed by atoms with Crippen LogP contribution in [0.5, 0.6) is 0 Å². The fraction of sp³-hybridized carbons (Fsp3) is 0.130. The molecule has 0 spiro atoms. The van der Waals surface area contributed by atoms with E-state index < -0.39 is 0 Å². The van der Waals surface area contributed by atoms with Gasteiger partial charge < -0.3 is 9.13 Å². The van der Waals surface area contributed by atoms with Gasteiger partial charge in [-0.15, -0.1) is 0 Å². The van der Waals surface area contributed by atoms with Gasteiger partial charge in [-0.3, -0.25) is 4.57 Å². The summed E-state index contributed by atoms with van der Waals surface area (Å²) in [6, 6.07) is 9.94. The quantitative estimate of drug-likeness (QED) is 0.426. The first-order chi connectivity index (χ1) is 15.0. The van der Waals surface area contributed by atoms with E-state index in [0.717, 1.165) is 33.2 Å². The van der Waals surface area contributed by atoms with Gasteiger partial charge in [0.25, 0.3) is 0 Å². The van der Waals surface area contributed by atoms with Crippen molar-refractivity contribution in [3.05, 3.63) is 66.6 Å². The number of hydrogen-bond donors (Lipinski definition) is 0. The maximum Gasteiger partial charge on any atom is 0.238 e. The molecule has 0 fully saturated rings.